The van der Waals surface area contributed by atoms with Crippen LogP contribution in [0.3, 0.4) is 0 Å². The first-order valence-electron chi connectivity index (χ1n) is 7.50. The van der Waals surface area contributed by atoms with Crippen LogP contribution in [0.1, 0.15) is 17.8 Å². The van der Waals surface area contributed by atoms with Crippen molar-refractivity contribution < 1.29 is 4.79 Å². The largest absolute Gasteiger partial charge is 0.350 e. The van der Waals surface area contributed by atoms with Crippen LogP contribution >= 0.6 is 0 Å². The van der Waals surface area contributed by atoms with Gasteiger partial charge in [0, 0.05) is 37.0 Å². The molecule has 1 aliphatic rings. The van der Waals surface area contributed by atoms with Gasteiger partial charge in [0.1, 0.15) is 5.65 Å². The lowest BCUT2D eigenvalue weighted by Gasteiger charge is -2.22. The molecule has 1 N–H and O–H groups in total. The fourth-order valence-corrected chi connectivity index (χ4v) is 3.03. The number of imidazole rings is 1. The molecular weight excluding hydrogens is 278 g/mol. The van der Waals surface area contributed by atoms with Crippen molar-refractivity contribution in [1.29, 1.82) is 0 Å². The Labute approximate surface area is 127 Å². The first-order chi connectivity index (χ1) is 10.8. The van der Waals surface area contributed by atoms with Gasteiger partial charge in [0.25, 0.3) is 0 Å². The first-order valence-corrected chi connectivity index (χ1v) is 7.50. The van der Waals surface area contributed by atoms with Crippen LogP contribution in [0, 0.1) is 5.92 Å². The van der Waals surface area contributed by atoms with Crippen molar-refractivity contribution in [2.24, 2.45) is 5.92 Å². The zero-order valence-corrected chi connectivity index (χ0v) is 12.1. The summed E-state index contributed by atoms with van der Waals surface area (Å²) < 4.78 is 3.98. The zero-order valence-electron chi connectivity index (χ0n) is 12.1. The van der Waals surface area contributed by atoms with E-state index >= 15 is 0 Å². The van der Waals surface area contributed by atoms with Crippen LogP contribution in [0.15, 0.2) is 42.9 Å². The third kappa shape index (κ3) is 2.26. The number of carbonyl (C=O) groups is 1. The molecule has 0 bridgehead atoms. The van der Waals surface area contributed by atoms with Gasteiger partial charge in [-0.25, -0.2) is 4.98 Å². The molecule has 0 fully saturated rings. The monoisotopic (exact) mass is 295 g/mol. The Balaban J connectivity index is 1.43. The highest BCUT2D eigenvalue weighted by atomic mass is 16.1. The molecular formula is C16H17N5O. The Bertz CT molecular complexity index is 819. The fraction of sp³-hybridized carbons (Fsp3) is 0.312. The SMILES string of the molecule is O=C(NCc1cnc2ccccn12)C1CCn2nccc2C1. The second kappa shape index (κ2) is 5.29. The Kier molecular flexibility index (Phi) is 3.14. The van der Waals surface area contributed by atoms with Crippen LogP contribution in [-0.4, -0.2) is 25.1 Å². The van der Waals surface area contributed by atoms with E-state index in [4.69, 9.17) is 0 Å². The minimum atomic E-state index is 0.0309. The summed E-state index contributed by atoms with van der Waals surface area (Å²) in [6, 6.07) is 7.86. The second-order valence-corrected chi connectivity index (χ2v) is 5.63. The summed E-state index contributed by atoms with van der Waals surface area (Å²) in [5.74, 6) is 0.140. The molecule has 6 nitrogen and oxygen atoms in total. The van der Waals surface area contributed by atoms with Crippen molar-refractivity contribution in [2.75, 3.05) is 0 Å². The molecule has 1 unspecified atom stereocenters. The van der Waals surface area contributed by atoms with E-state index in [1.165, 1.54) is 0 Å². The van der Waals surface area contributed by atoms with Crippen molar-refractivity contribution in [1.82, 2.24) is 24.5 Å². The molecule has 3 aromatic heterocycles. The Morgan fingerprint density at radius 3 is 3.27 bits per heavy atom. The smallest absolute Gasteiger partial charge is 0.223 e. The molecule has 0 aliphatic carbocycles. The number of hydrogen-bond acceptors (Lipinski definition) is 3. The minimum absolute atomic E-state index is 0.0309. The lowest BCUT2D eigenvalue weighted by Crippen LogP contribution is -2.35. The standard InChI is InChI=1S/C16H17N5O/c22-16(12-5-8-21-13(9-12)4-6-19-21)18-11-14-10-17-15-3-1-2-7-20(14)15/h1-4,6-7,10,12H,5,8-9,11H2,(H,18,22). The van der Waals surface area contributed by atoms with Crippen molar-refractivity contribution in [3.8, 4) is 0 Å². The number of rotatable bonds is 3. The minimum Gasteiger partial charge on any atom is -0.350 e. The first kappa shape index (κ1) is 13.1. The summed E-state index contributed by atoms with van der Waals surface area (Å²) in [5.41, 5.74) is 3.03. The highest BCUT2D eigenvalue weighted by Gasteiger charge is 2.24. The van der Waals surface area contributed by atoms with Crippen LogP contribution in [0.2, 0.25) is 0 Å². The molecule has 4 heterocycles. The van der Waals surface area contributed by atoms with E-state index in [0.717, 1.165) is 36.4 Å². The Morgan fingerprint density at radius 1 is 1.36 bits per heavy atom. The van der Waals surface area contributed by atoms with E-state index in [1.54, 1.807) is 6.20 Å². The third-order valence-corrected chi connectivity index (χ3v) is 4.26. The van der Waals surface area contributed by atoms with Gasteiger partial charge in [-0.3, -0.25) is 9.48 Å². The van der Waals surface area contributed by atoms with Crippen LogP contribution in [-0.2, 0) is 24.3 Å². The number of fused-ring (bicyclic) bond motifs is 2. The molecule has 22 heavy (non-hydrogen) atoms. The van der Waals surface area contributed by atoms with Crippen LogP contribution < -0.4 is 5.32 Å². The average molecular weight is 295 g/mol. The molecule has 1 amide bonds. The van der Waals surface area contributed by atoms with E-state index in [0.29, 0.717) is 6.54 Å². The summed E-state index contributed by atoms with van der Waals surface area (Å²) >= 11 is 0. The number of carbonyl (C=O) groups excluding carboxylic acids is 1. The molecule has 3 aromatic rings. The molecule has 0 aromatic carbocycles. The lowest BCUT2D eigenvalue weighted by molar-refractivity contribution is -0.125. The van der Waals surface area contributed by atoms with E-state index in [1.807, 2.05) is 45.7 Å². The quantitative estimate of drug-likeness (QED) is 0.794. The predicted octanol–water partition coefficient (Wildman–Crippen LogP) is 1.41. The van der Waals surface area contributed by atoms with Crippen molar-refractivity contribution >= 4 is 11.6 Å². The van der Waals surface area contributed by atoms with Gasteiger partial charge in [0.05, 0.1) is 18.4 Å². The summed E-state index contributed by atoms with van der Waals surface area (Å²) in [7, 11) is 0. The van der Waals surface area contributed by atoms with Gasteiger partial charge >= 0.3 is 0 Å². The van der Waals surface area contributed by atoms with Crippen molar-refractivity contribution in [3.05, 3.63) is 54.2 Å². The summed E-state index contributed by atoms with van der Waals surface area (Å²) in [5, 5.41) is 7.29. The lowest BCUT2D eigenvalue weighted by atomic mass is 9.95. The maximum absolute atomic E-state index is 12.4. The maximum atomic E-state index is 12.4. The van der Waals surface area contributed by atoms with E-state index in [-0.39, 0.29) is 11.8 Å². The molecule has 4 rings (SSSR count). The number of aromatic nitrogens is 4. The molecule has 112 valence electrons. The van der Waals surface area contributed by atoms with E-state index in [9.17, 15) is 4.79 Å². The van der Waals surface area contributed by atoms with Crippen molar-refractivity contribution in [2.45, 2.75) is 25.9 Å². The van der Waals surface area contributed by atoms with Crippen molar-refractivity contribution in [3.63, 3.8) is 0 Å². The predicted molar refractivity (Wildman–Crippen MR) is 81.1 cm³/mol. The highest BCUT2D eigenvalue weighted by Crippen LogP contribution is 2.19. The number of hydrogen-bond donors (Lipinski definition) is 1. The number of pyridine rings is 1. The molecule has 1 atom stereocenters. The van der Waals surface area contributed by atoms with Crippen LogP contribution in [0.4, 0.5) is 0 Å². The average Bonchev–Trinajstić information content (AvgIpc) is 3.18. The number of aryl methyl sites for hydroxylation is 1. The highest BCUT2D eigenvalue weighted by molar-refractivity contribution is 5.79. The van der Waals surface area contributed by atoms with Gasteiger partial charge in [0.15, 0.2) is 0 Å². The third-order valence-electron chi connectivity index (χ3n) is 4.26. The zero-order chi connectivity index (χ0) is 14.9. The summed E-state index contributed by atoms with van der Waals surface area (Å²) in [4.78, 5) is 16.7. The molecule has 0 spiro atoms. The fourth-order valence-electron chi connectivity index (χ4n) is 3.03. The molecule has 1 aliphatic heterocycles. The van der Waals surface area contributed by atoms with Gasteiger partial charge in [-0.15, -0.1) is 0 Å². The molecule has 6 heteroatoms. The normalized spacial score (nSPS) is 17.4. The number of nitrogens with one attached hydrogen (secondary N) is 1. The van der Waals surface area contributed by atoms with E-state index < -0.39 is 0 Å². The van der Waals surface area contributed by atoms with Crippen LogP contribution in [0.25, 0.3) is 5.65 Å². The Morgan fingerprint density at radius 2 is 2.32 bits per heavy atom. The molecule has 0 radical (unpaired) electrons. The van der Waals surface area contributed by atoms with Gasteiger partial charge in [-0.2, -0.15) is 5.10 Å². The Hall–Kier alpha value is -2.63. The second-order valence-electron chi connectivity index (χ2n) is 5.63. The van der Waals surface area contributed by atoms with Gasteiger partial charge in [0.2, 0.25) is 5.91 Å². The van der Waals surface area contributed by atoms with Gasteiger partial charge in [-0.05, 0) is 24.6 Å². The van der Waals surface area contributed by atoms with E-state index in [2.05, 4.69) is 15.4 Å². The molecule has 0 saturated carbocycles. The number of nitrogens with zero attached hydrogens (tertiary/aromatic N) is 4. The maximum Gasteiger partial charge on any atom is 0.223 e. The number of amides is 1. The van der Waals surface area contributed by atoms with Gasteiger partial charge < -0.3 is 9.72 Å². The topological polar surface area (TPSA) is 64.2 Å². The van der Waals surface area contributed by atoms with Crippen LogP contribution in [0.5, 0.6) is 0 Å². The molecule has 0 saturated heterocycles. The summed E-state index contributed by atoms with van der Waals surface area (Å²) in [6.07, 6.45) is 7.18. The summed E-state index contributed by atoms with van der Waals surface area (Å²) in [6.45, 7) is 1.32. The van der Waals surface area contributed by atoms with Gasteiger partial charge in [-0.1, -0.05) is 6.07 Å².